The maximum absolute atomic E-state index is 10.7. The summed E-state index contributed by atoms with van der Waals surface area (Å²) >= 11 is 4.97. The van der Waals surface area contributed by atoms with Crippen molar-refractivity contribution in [2.24, 2.45) is 5.10 Å². The fourth-order valence-corrected chi connectivity index (χ4v) is 2.73. The van der Waals surface area contributed by atoms with Crippen molar-refractivity contribution in [3.05, 3.63) is 55.2 Å². The van der Waals surface area contributed by atoms with E-state index in [2.05, 4.69) is 26.5 Å². The van der Waals surface area contributed by atoms with Crippen molar-refractivity contribution >= 4 is 44.4 Å². The minimum Gasteiger partial charge on any atom is -0.278 e. The van der Waals surface area contributed by atoms with Crippen molar-refractivity contribution in [1.82, 2.24) is 0 Å². The van der Waals surface area contributed by atoms with Gasteiger partial charge in [0, 0.05) is 12.1 Å². The Bertz CT molecular complexity index is 639. The zero-order chi connectivity index (χ0) is 13.8. The first kappa shape index (κ1) is 13.7. The fraction of sp³-hybridized carbons (Fsp3) is 0.0833. The second-order valence-electron chi connectivity index (χ2n) is 3.72. The summed E-state index contributed by atoms with van der Waals surface area (Å²) in [5.41, 5.74) is 4.27. The molecule has 1 N–H and O–H groups in total. The van der Waals surface area contributed by atoms with Crippen LogP contribution in [0.4, 0.5) is 11.4 Å². The molecule has 0 amide bonds. The van der Waals surface area contributed by atoms with Gasteiger partial charge < -0.3 is 0 Å². The lowest BCUT2D eigenvalue weighted by Gasteiger charge is -2.01. The summed E-state index contributed by atoms with van der Waals surface area (Å²) in [4.78, 5) is 11.3. The second-order valence-corrected chi connectivity index (χ2v) is 6.18. The van der Waals surface area contributed by atoms with Gasteiger partial charge in [-0.1, -0.05) is 6.07 Å². The number of non-ortho nitro benzene ring substituents is 1. The third-order valence-electron chi connectivity index (χ3n) is 2.34. The topological polar surface area (TPSA) is 67.5 Å². The largest absolute Gasteiger partial charge is 0.278 e. The second kappa shape index (κ2) is 5.94. The lowest BCUT2D eigenvalue weighted by molar-refractivity contribution is -0.384. The lowest BCUT2D eigenvalue weighted by Crippen LogP contribution is -1.97. The van der Waals surface area contributed by atoms with E-state index in [9.17, 15) is 10.1 Å². The van der Waals surface area contributed by atoms with Crippen LogP contribution in [0, 0.1) is 10.1 Å². The molecule has 5 nitrogen and oxygen atoms in total. The van der Waals surface area contributed by atoms with Crippen LogP contribution in [0.15, 0.2) is 45.3 Å². The van der Waals surface area contributed by atoms with Crippen molar-refractivity contribution in [1.29, 1.82) is 0 Å². The molecule has 0 aliphatic carbocycles. The molecule has 1 aromatic carbocycles. The van der Waals surface area contributed by atoms with Crippen LogP contribution in [-0.2, 0) is 0 Å². The maximum Gasteiger partial charge on any atom is 0.271 e. The summed E-state index contributed by atoms with van der Waals surface area (Å²) in [6, 6.07) is 10.1. The van der Waals surface area contributed by atoms with Crippen LogP contribution in [0.2, 0.25) is 0 Å². The summed E-state index contributed by atoms with van der Waals surface area (Å²) in [5.74, 6) is 0. The Hall–Kier alpha value is -1.73. The van der Waals surface area contributed by atoms with Crippen molar-refractivity contribution in [3.8, 4) is 0 Å². The standard InChI is InChI=1S/C12H10BrN3O2S/c1-8(11-5-6-12(13)19-11)14-15-9-3-2-4-10(7-9)16(17)18/h2-7,15H,1H3/b14-8-. The first-order chi connectivity index (χ1) is 9.06. The van der Waals surface area contributed by atoms with Crippen molar-refractivity contribution in [2.75, 3.05) is 5.43 Å². The highest BCUT2D eigenvalue weighted by atomic mass is 79.9. The summed E-state index contributed by atoms with van der Waals surface area (Å²) in [7, 11) is 0. The van der Waals surface area contributed by atoms with Gasteiger partial charge in [0.05, 0.1) is 25.0 Å². The average molecular weight is 340 g/mol. The van der Waals surface area contributed by atoms with Crippen LogP contribution in [0.1, 0.15) is 11.8 Å². The van der Waals surface area contributed by atoms with Crippen LogP contribution in [-0.4, -0.2) is 10.6 Å². The predicted molar refractivity (Wildman–Crippen MR) is 80.9 cm³/mol. The molecule has 98 valence electrons. The third kappa shape index (κ3) is 3.62. The normalized spacial score (nSPS) is 11.4. The molecule has 0 unspecified atom stereocenters. The Labute approximate surface area is 122 Å². The summed E-state index contributed by atoms with van der Waals surface area (Å²) < 4.78 is 1.03. The average Bonchev–Trinajstić information content (AvgIpc) is 2.83. The number of nitro groups is 1. The van der Waals surface area contributed by atoms with E-state index in [0.717, 1.165) is 14.4 Å². The number of nitrogens with one attached hydrogen (secondary N) is 1. The first-order valence-corrected chi connectivity index (χ1v) is 6.97. The molecule has 0 saturated heterocycles. The number of thiophene rings is 1. The van der Waals surface area contributed by atoms with Gasteiger partial charge in [-0.05, 0) is 41.1 Å². The van der Waals surface area contributed by atoms with Gasteiger partial charge >= 0.3 is 0 Å². The molecule has 0 spiro atoms. The van der Waals surface area contributed by atoms with Crippen LogP contribution in [0.25, 0.3) is 0 Å². The maximum atomic E-state index is 10.7. The van der Waals surface area contributed by atoms with Gasteiger partial charge in [0.25, 0.3) is 5.69 Å². The number of nitrogens with zero attached hydrogens (tertiary/aromatic N) is 2. The molecule has 1 aromatic heterocycles. The van der Waals surface area contributed by atoms with Gasteiger partial charge in [-0.25, -0.2) is 0 Å². The molecule has 1 heterocycles. The number of benzene rings is 1. The summed E-state index contributed by atoms with van der Waals surface area (Å²) in [6.45, 7) is 1.88. The molecule has 19 heavy (non-hydrogen) atoms. The first-order valence-electron chi connectivity index (χ1n) is 5.37. The van der Waals surface area contributed by atoms with Crippen molar-refractivity contribution < 1.29 is 4.92 Å². The third-order valence-corrected chi connectivity index (χ3v) is 4.07. The van der Waals surface area contributed by atoms with E-state index in [0.29, 0.717) is 5.69 Å². The van der Waals surface area contributed by atoms with Gasteiger partial charge in [-0.15, -0.1) is 11.3 Å². The highest BCUT2D eigenvalue weighted by Gasteiger charge is 2.05. The Morgan fingerprint density at radius 3 is 2.84 bits per heavy atom. The Morgan fingerprint density at radius 2 is 2.21 bits per heavy atom. The minimum absolute atomic E-state index is 0.0386. The van der Waals surface area contributed by atoms with E-state index in [1.165, 1.54) is 12.1 Å². The van der Waals surface area contributed by atoms with Crippen LogP contribution >= 0.6 is 27.3 Å². The summed E-state index contributed by atoms with van der Waals surface area (Å²) in [5, 5.41) is 14.9. The quantitative estimate of drug-likeness (QED) is 0.514. The van der Waals surface area contributed by atoms with E-state index < -0.39 is 4.92 Å². The predicted octanol–water partition coefficient (Wildman–Crippen LogP) is 4.25. The van der Waals surface area contributed by atoms with Crippen molar-refractivity contribution in [3.63, 3.8) is 0 Å². The van der Waals surface area contributed by atoms with Gasteiger partial charge in [0.15, 0.2) is 0 Å². The number of anilines is 1. The lowest BCUT2D eigenvalue weighted by atomic mass is 10.3. The number of hydrogen-bond acceptors (Lipinski definition) is 5. The molecule has 0 saturated carbocycles. The monoisotopic (exact) mass is 339 g/mol. The summed E-state index contributed by atoms with van der Waals surface area (Å²) in [6.07, 6.45) is 0. The molecule has 0 atom stereocenters. The zero-order valence-electron chi connectivity index (χ0n) is 9.96. The molecule has 2 rings (SSSR count). The molecule has 0 aliphatic rings. The fourth-order valence-electron chi connectivity index (χ4n) is 1.40. The molecule has 7 heteroatoms. The number of hydrazone groups is 1. The van der Waals surface area contributed by atoms with Crippen LogP contribution < -0.4 is 5.43 Å². The molecular formula is C12H10BrN3O2S. The Morgan fingerprint density at radius 1 is 1.42 bits per heavy atom. The Balaban J connectivity index is 2.13. The van der Waals surface area contributed by atoms with Gasteiger partial charge in [-0.2, -0.15) is 5.10 Å². The van der Waals surface area contributed by atoms with E-state index in [1.54, 1.807) is 23.5 Å². The number of nitro benzene ring substituents is 1. The SMILES string of the molecule is C/C(=N/Nc1cccc([N+](=O)[O-])c1)c1ccc(Br)s1. The number of rotatable bonds is 4. The van der Waals surface area contributed by atoms with Gasteiger partial charge in [-0.3, -0.25) is 15.5 Å². The molecular weight excluding hydrogens is 330 g/mol. The molecule has 0 aliphatic heterocycles. The minimum atomic E-state index is -0.432. The van der Waals surface area contributed by atoms with Crippen LogP contribution in [0.3, 0.4) is 0 Å². The molecule has 2 aromatic rings. The van der Waals surface area contributed by atoms with Gasteiger partial charge in [0.1, 0.15) is 0 Å². The van der Waals surface area contributed by atoms with Crippen molar-refractivity contribution in [2.45, 2.75) is 6.92 Å². The smallest absolute Gasteiger partial charge is 0.271 e. The van der Waals surface area contributed by atoms with E-state index in [1.807, 2.05) is 19.1 Å². The molecule has 0 radical (unpaired) electrons. The molecule has 0 fully saturated rings. The van der Waals surface area contributed by atoms with E-state index >= 15 is 0 Å². The highest BCUT2D eigenvalue weighted by Crippen LogP contribution is 2.23. The molecule has 0 bridgehead atoms. The van der Waals surface area contributed by atoms with E-state index in [-0.39, 0.29) is 5.69 Å². The Kier molecular flexibility index (Phi) is 4.28. The van der Waals surface area contributed by atoms with Gasteiger partial charge in [0.2, 0.25) is 0 Å². The van der Waals surface area contributed by atoms with E-state index in [4.69, 9.17) is 0 Å². The zero-order valence-corrected chi connectivity index (χ0v) is 12.4. The number of hydrogen-bond donors (Lipinski definition) is 1. The highest BCUT2D eigenvalue weighted by molar-refractivity contribution is 9.11. The van der Waals surface area contributed by atoms with Crippen LogP contribution in [0.5, 0.6) is 0 Å². The number of halogens is 1.